The first-order chi connectivity index (χ1) is 6.45. The van der Waals surface area contributed by atoms with E-state index in [1.54, 1.807) is 0 Å². The summed E-state index contributed by atoms with van der Waals surface area (Å²) in [6, 6.07) is 0.836. The highest BCUT2D eigenvalue weighted by atomic mass is 16.5. The van der Waals surface area contributed by atoms with Crippen LogP contribution in [0.1, 0.15) is 38.5 Å². The molecule has 2 rings (SSSR count). The van der Waals surface area contributed by atoms with Gasteiger partial charge in [-0.1, -0.05) is 0 Å². The zero-order valence-corrected chi connectivity index (χ0v) is 8.43. The predicted octanol–water partition coefficient (Wildman–Crippen LogP) is 1.95. The number of nitrogens with one attached hydrogen (secondary N) is 1. The van der Waals surface area contributed by atoms with Gasteiger partial charge in [-0.2, -0.15) is 0 Å². The van der Waals surface area contributed by atoms with Gasteiger partial charge in [0.1, 0.15) is 0 Å². The Balaban J connectivity index is 1.60. The average Bonchev–Trinajstić information content (AvgIpc) is 2.69. The van der Waals surface area contributed by atoms with Crippen molar-refractivity contribution >= 4 is 0 Å². The molecule has 0 aromatic carbocycles. The third-order valence-corrected chi connectivity index (χ3v) is 3.43. The lowest BCUT2D eigenvalue weighted by Crippen LogP contribution is -2.23. The summed E-state index contributed by atoms with van der Waals surface area (Å²) in [5.41, 5.74) is 0. The second-order valence-electron chi connectivity index (χ2n) is 4.43. The zero-order chi connectivity index (χ0) is 8.93. The van der Waals surface area contributed by atoms with Crippen molar-refractivity contribution in [3.63, 3.8) is 0 Å². The molecule has 2 nitrogen and oxygen atoms in total. The maximum Gasteiger partial charge on any atom is 0.0468 e. The van der Waals surface area contributed by atoms with Gasteiger partial charge in [0.2, 0.25) is 0 Å². The van der Waals surface area contributed by atoms with Gasteiger partial charge < -0.3 is 10.1 Å². The molecule has 0 amide bonds. The summed E-state index contributed by atoms with van der Waals surface area (Å²) >= 11 is 0. The molecule has 0 aromatic heterocycles. The van der Waals surface area contributed by atoms with Crippen molar-refractivity contribution in [2.75, 3.05) is 19.8 Å². The highest BCUT2D eigenvalue weighted by Crippen LogP contribution is 2.22. The van der Waals surface area contributed by atoms with Crippen LogP contribution in [-0.4, -0.2) is 25.8 Å². The van der Waals surface area contributed by atoms with Crippen molar-refractivity contribution < 1.29 is 4.74 Å². The van der Waals surface area contributed by atoms with Crippen LogP contribution in [0.2, 0.25) is 0 Å². The van der Waals surface area contributed by atoms with Crippen molar-refractivity contribution in [2.45, 2.75) is 44.6 Å². The Kier molecular flexibility index (Phi) is 3.62. The molecule has 2 saturated heterocycles. The number of ether oxygens (including phenoxy) is 1. The SMILES string of the molecule is C1CNC(CCC2CCOCC2)C1. The van der Waals surface area contributed by atoms with E-state index in [2.05, 4.69) is 5.32 Å². The highest BCUT2D eigenvalue weighted by Gasteiger charge is 2.18. The molecule has 1 atom stereocenters. The number of hydrogen-bond donors (Lipinski definition) is 1. The van der Waals surface area contributed by atoms with Gasteiger partial charge in [-0.3, -0.25) is 0 Å². The molecule has 0 radical (unpaired) electrons. The van der Waals surface area contributed by atoms with Gasteiger partial charge in [0, 0.05) is 19.3 Å². The van der Waals surface area contributed by atoms with Gasteiger partial charge in [-0.15, -0.1) is 0 Å². The summed E-state index contributed by atoms with van der Waals surface area (Å²) < 4.78 is 5.36. The van der Waals surface area contributed by atoms with Crippen LogP contribution in [-0.2, 0) is 4.74 Å². The Bertz CT molecular complexity index is 137. The summed E-state index contributed by atoms with van der Waals surface area (Å²) in [6.07, 6.45) is 8.20. The van der Waals surface area contributed by atoms with E-state index in [1.807, 2.05) is 0 Å². The molecule has 2 aliphatic heterocycles. The van der Waals surface area contributed by atoms with Crippen molar-refractivity contribution in [2.24, 2.45) is 5.92 Å². The van der Waals surface area contributed by atoms with Crippen molar-refractivity contribution in [1.82, 2.24) is 5.32 Å². The van der Waals surface area contributed by atoms with Gasteiger partial charge in [-0.25, -0.2) is 0 Å². The fourth-order valence-electron chi connectivity index (χ4n) is 2.48. The van der Waals surface area contributed by atoms with Gasteiger partial charge in [0.25, 0.3) is 0 Å². The monoisotopic (exact) mass is 183 g/mol. The van der Waals surface area contributed by atoms with E-state index in [4.69, 9.17) is 4.74 Å². The molecule has 1 unspecified atom stereocenters. The molecule has 2 aliphatic rings. The van der Waals surface area contributed by atoms with Crippen LogP contribution in [0.5, 0.6) is 0 Å². The number of hydrogen-bond acceptors (Lipinski definition) is 2. The molecule has 0 saturated carbocycles. The molecule has 2 heteroatoms. The summed E-state index contributed by atoms with van der Waals surface area (Å²) in [5.74, 6) is 0.955. The van der Waals surface area contributed by atoms with Gasteiger partial charge in [-0.05, 0) is 51.0 Å². The molecule has 2 heterocycles. The Morgan fingerprint density at radius 2 is 1.92 bits per heavy atom. The van der Waals surface area contributed by atoms with E-state index in [1.165, 1.54) is 45.1 Å². The lowest BCUT2D eigenvalue weighted by atomic mass is 9.92. The molecule has 76 valence electrons. The fraction of sp³-hybridized carbons (Fsp3) is 1.00. The highest BCUT2D eigenvalue weighted by molar-refractivity contribution is 4.75. The Labute approximate surface area is 81.0 Å². The summed E-state index contributed by atoms with van der Waals surface area (Å²) in [6.45, 7) is 3.25. The topological polar surface area (TPSA) is 21.3 Å². The van der Waals surface area contributed by atoms with E-state index in [0.717, 1.165) is 25.2 Å². The van der Waals surface area contributed by atoms with E-state index < -0.39 is 0 Å². The molecular formula is C11H21NO. The maximum absolute atomic E-state index is 5.36. The average molecular weight is 183 g/mol. The second-order valence-corrected chi connectivity index (χ2v) is 4.43. The molecule has 0 spiro atoms. The van der Waals surface area contributed by atoms with Crippen molar-refractivity contribution in [1.29, 1.82) is 0 Å². The first-order valence-electron chi connectivity index (χ1n) is 5.76. The Morgan fingerprint density at radius 3 is 2.62 bits per heavy atom. The standard InChI is InChI=1S/C11H21NO/c1-2-11(12-7-1)4-3-10-5-8-13-9-6-10/h10-12H,1-9H2. The van der Waals surface area contributed by atoms with E-state index >= 15 is 0 Å². The third kappa shape index (κ3) is 2.96. The van der Waals surface area contributed by atoms with Crippen molar-refractivity contribution in [3.05, 3.63) is 0 Å². The first-order valence-corrected chi connectivity index (χ1v) is 5.76. The van der Waals surface area contributed by atoms with Crippen LogP contribution in [0, 0.1) is 5.92 Å². The van der Waals surface area contributed by atoms with E-state index in [-0.39, 0.29) is 0 Å². The normalized spacial score (nSPS) is 30.9. The molecule has 2 fully saturated rings. The van der Waals surface area contributed by atoms with E-state index in [0.29, 0.717) is 0 Å². The fourth-order valence-corrected chi connectivity index (χ4v) is 2.48. The largest absolute Gasteiger partial charge is 0.381 e. The molecule has 0 aliphatic carbocycles. The minimum Gasteiger partial charge on any atom is -0.381 e. The molecular weight excluding hydrogens is 162 g/mol. The van der Waals surface area contributed by atoms with Gasteiger partial charge in [0.05, 0.1) is 0 Å². The van der Waals surface area contributed by atoms with Crippen LogP contribution in [0.25, 0.3) is 0 Å². The molecule has 13 heavy (non-hydrogen) atoms. The van der Waals surface area contributed by atoms with E-state index in [9.17, 15) is 0 Å². The third-order valence-electron chi connectivity index (χ3n) is 3.43. The quantitative estimate of drug-likeness (QED) is 0.722. The lowest BCUT2D eigenvalue weighted by molar-refractivity contribution is 0.0626. The van der Waals surface area contributed by atoms with Gasteiger partial charge in [0.15, 0.2) is 0 Å². The molecule has 0 bridgehead atoms. The van der Waals surface area contributed by atoms with Crippen LogP contribution in [0.15, 0.2) is 0 Å². The predicted molar refractivity (Wildman–Crippen MR) is 53.8 cm³/mol. The minimum atomic E-state index is 0.836. The van der Waals surface area contributed by atoms with Crippen LogP contribution in [0.3, 0.4) is 0 Å². The molecule has 1 N–H and O–H groups in total. The van der Waals surface area contributed by atoms with Crippen LogP contribution < -0.4 is 5.32 Å². The maximum atomic E-state index is 5.36. The summed E-state index contributed by atoms with van der Waals surface area (Å²) in [5, 5.41) is 3.56. The van der Waals surface area contributed by atoms with Crippen molar-refractivity contribution in [3.8, 4) is 0 Å². The van der Waals surface area contributed by atoms with Gasteiger partial charge >= 0.3 is 0 Å². The second kappa shape index (κ2) is 4.97. The lowest BCUT2D eigenvalue weighted by Gasteiger charge is -2.23. The minimum absolute atomic E-state index is 0.836. The summed E-state index contributed by atoms with van der Waals surface area (Å²) in [7, 11) is 0. The smallest absolute Gasteiger partial charge is 0.0468 e. The molecule has 0 aromatic rings. The Hall–Kier alpha value is -0.0800. The first kappa shape index (κ1) is 9.47. The summed E-state index contributed by atoms with van der Waals surface area (Å²) in [4.78, 5) is 0. The van der Waals surface area contributed by atoms with Crippen LogP contribution in [0.4, 0.5) is 0 Å². The Morgan fingerprint density at radius 1 is 1.08 bits per heavy atom. The zero-order valence-electron chi connectivity index (χ0n) is 8.43. The number of rotatable bonds is 3. The van der Waals surface area contributed by atoms with Crippen LogP contribution >= 0.6 is 0 Å².